The average Bonchev–Trinajstić information content (AvgIpc) is 3.14. The van der Waals surface area contributed by atoms with Gasteiger partial charge in [-0.1, -0.05) is 19.9 Å². The highest BCUT2D eigenvalue weighted by Crippen LogP contribution is 2.34. The summed E-state index contributed by atoms with van der Waals surface area (Å²) >= 11 is 0. The van der Waals surface area contributed by atoms with Crippen molar-refractivity contribution in [3.05, 3.63) is 47.0 Å². The lowest BCUT2D eigenvalue weighted by Crippen LogP contribution is -2.30. The van der Waals surface area contributed by atoms with E-state index in [0.717, 1.165) is 18.5 Å². The van der Waals surface area contributed by atoms with Crippen molar-refractivity contribution in [1.29, 1.82) is 0 Å². The molecular formula is C18H22FN3O2. The fourth-order valence-corrected chi connectivity index (χ4v) is 3.24. The minimum absolute atomic E-state index is 0.238. The summed E-state index contributed by atoms with van der Waals surface area (Å²) in [5.74, 6) is -0.126. The Bertz CT molecular complexity index is 753. The van der Waals surface area contributed by atoms with E-state index in [-0.39, 0.29) is 24.4 Å². The van der Waals surface area contributed by atoms with Gasteiger partial charge in [0, 0.05) is 5.69 Å². The van der Waals surface area contributed by atoms with Crippen LogP contribution in [0.4, 0.5) is 4.39 Å². The number of nitrogens with one attached hydrogen (secondary N) is 1. The van der Waals surface area contributed by atoms with E-state index in [0.29, 0.717) is 16.9 Å². The van der Waals surface area contributed by atoms with Crippen molar-refractivity contribution in [2.75, 3.05) is 6.61 Å². The van der Waals surface area contributed by atoms with Gasteiger partial charge in [0.15, 0.2) is 0 Å². The Kier molecular flexibility index (Phi) is 4.55. The average molecular weight is 331 g/mol. The molecule has 2 aromatic rings. The third-order valence-corrected chi connectivity index (χ3v) is 4.65. The maximum Gasteiger partial charge on any atom is 0.255 e. The third-order valence-electron chi connectivity index (χ3n) is 4.65. The molecule has 1 N–H and O–H groups in total. The number of amides is 1. The summed E-state index contributed by atoms with van der Waals surface area (Å²) in [6.07, 6.45) is 3.49. The fourth-order valence-electron chi connectivity index (χ4n) is 3.24. The number of halogens is 1. The van der Waals surface area contributed by atoms with E-state index < -0.39 is 6.04 Å². The summed E-state index contributed by atoms with van der Waals surface area (Å²) in [5, 5.41) is 7.23. The molecule has 1 aliphatic heterocycles. The molecule has 1 aromatic carbocycles. The van der Waals surface area contributed by atoms with Crippen molar-refractivity contribution in [2.24, 2.45) is 0 Å². The second-order valence-corrected chi connectivity index (χ2v) is 6.05. The van der Waals surface area contributed by atoms with Crippen LogP contribution in [-0.4, -0.2) is 22.3 Å². The molecule has 0 radical (unpaired) electrons. The monoisotopic (exact) mass is 331 g/mol. The Labute approximate surface area is 140 Å². The zero-order chi connectivity index (χ0) is 17.3. The van der Waals surface area contributed by atoms with Crippen molar-refractivity contribution in [3.63, 3.8) is 0 Å². The first-order valence-electron chi connectivity index (χ1n) is 8.32. The first-order chi connectivity index (χ1) is 11.6. The lowest BCUT2D eigenvalue weighted by Gasteiger charge is -2.16. The van der Waals surface area contributed by atoms with E-state index in [4.69, 9.17) is 4.74 Å². The second kappa shape index (κ2) is 6.63. The molecule has 0 unspecified atom stereocenters. The van der Waals surface area contributed by atoms with Gasteiger partial charge in [-0.2, -0.15) is 5.10 Å². The molecule has 1 atom stereocenters. The van der Waals surface area contributed by atoms with Gasteiger partial charge in [0.05, 0.1) is 29.4 Å². The first-order valence-corrected chi connectivity index (χ1v) is 8.32. The highest BCUT2D eigenvalue weighted by molar-refractivity contribution is 5.95. The Balaban J connectivity index is 1.81. The molecule has 0 aliphatic carbocycles. The Morgan fingerprint density at radius 2 is 2.21 bits per heavy atom. The summed E-state index contributed by atoms with van der Waals surface area (Å²) in [6.45, 7) is 6.33. The van der Waals surface area contributed by atoms with E-state index in [9.17, 15) is 9.18 Å². The smallest absolute Gasteiger partial charge is 0.255 e. The van der Waals surface area contributed by atoms with Crippen LogP contribution in [0.25, 0.3) is 0 Å². The maximum absolute atomic E-state index is 14.0. The first kappa shape index (κ1) is 16.5. The molecule has 1 amide bonds. The van der Waals surface area contributed by atoms with Gasteiger partial charge in [0.25, 0.3) is 5.91 Å². The summed E-state index contributed by atoms with van der Waals surface area (Å²) in [6, 6.07) is 4.48. The van der Waals surface area contributed by atoms with Gasteiger partial charge in [-0.15, -0.1) is 0 Å². The Morgan fingerprint density at radius 3 is 2.92 bits per heavy atom. The Morgan fingerprint density at radius 1 is 1.46 bits per heavy atom. The van der Waals surface area contributed by atoms with Gasteiger partial charge in [0.1, 0.15) is 18.2 Å². The number of carbonyl (C=O) groups excluding carboxylic acids is 1. The number of hydrogen-bond acceptors (Lipinski definition) is 3. The number of rotatable bonds is 5. The van der Waals surface area contributed by atoms with E-state index in [1.165, 1.54) is 6.07 Å². The number of nitrogens with zero attached hydrogens (tertiary/aromatic N) is 2. The van der Waals surface area contributed by atoms with Crippen LogP contribution in [0.3, 0.4) is 0 Å². The van der Waals surface area contributed by atoms with Crippen LogP contribution < -0.4 is 10.1 Å². The summed E-state index contributed by atoms with van der Waals surface area (Å²) in [4.78, 5) is 12.6. The van der Waals surface area contributed by atoms with Gasteiger partial charge in [-0.25, -0.2) is 4.39 Å². The fraction of sp³-hybridized carbons (Fsp3) is 0.444. The number of hydrogen-bond donors (Lipinski definition) is 1. The molecule has 5 nitrogen and oxygen atoms in total. The number of ether oxygens (including phenoxy) is 1. The molecule has 0 saturated heterocycles. The molecule has 0 spiro atoms. The van der Waals surface area contributed by atoms with Crippen molar-refractivity contribution in [1.82, 2.24) is 15.1 Å². The molecular weight excluding hydrogens is 309 g/mol. The van der Waals surface area contributed by atoms with Gasteiger partial charge < -0.3 is 10.1 Å². The standard InChI is InChI=1S/C18H22FN3O2/c1-4-12(5-2)22-11(3)13(9-20-22)18(23)21-15-10-24-16-8-6-7-14(19)17(15)16/h6-9,12,15H,4-5,10H2,1-3H3,(H,21,23)/t15-/m0/s1. The highest BCUT2D eigenvalue weighted by atomic mass is 19.1. The number of carbonyl (C=O) groups is 1. The molecule has 1 aromatic heterocycles. The molecule has 128 valence electrons. The lowest BCUT2D eigenvalue weighted by molar-refractivity contribution is 0.0929. The normalized spacial score (nSPS) is 16.1. The summed E-state index contributed by atoms with van der Waals surface area (Å²) in [5.41, 5.74) is 1.76. The van der Waals surface area contributed by atoms with Crippen LogP contribution in [-0.2, 0) is 0 Å². The molecule has 2 heterocycles. The SMILES string of the molecule is CCC(CC)n1ncc(C(=O)N[C@H]2COc3cccc(F)c32)c1C. The zero-order valence-electron chi connectivity index (χ0n) is 14.2. The quantitative estimate of drug-likeness (QED) is 0.911. The van der Waals surface area contributed by atoms with Gasteiger partial charge in [-0.3, -0.25) is 9.48 Å². The van der Waals surface area contributed by atoms with Crippen LogP contribution in [0.15, 0.2) is 24.4 Å². The summed E-state index contributed by atoms with van der Waals surface area (Å²) < 4.78 is 21.4. The van der Waals surface area contributed by atoms with E-state index >= 15 is 0 Å². The predicted molar refractivity (Wildman–Crippen MR) is 88.7 cm³/mol. The van der Waals surface area contributed by atoms with Crippen LogP contribution in [0, 0.1) is 12.7 Å². The predicted octanol–water partition coefficient (Wildman–Crippen LogP) is 3.56. The topological polar surface area (TPSA) is 56.2 Å². The van der Waals surface area contributed by atoms with Crippen molar-refractivity contribution in [2.45, 2.75) is 45.7 Å². The van der Waals surface area contributed by atoms with E-state index in [2.05, 4.69) is 24.3 Å². The minimum atomic E-state index is -0.482. The second-order valence-electron chi connectivity index (χ2n) is 6.05. The largest absolute Gasteiger partial charge is 0.491 e. The van der Waals surface area contributed by atoms with Crippen molar-refractivity contribution < 1.29 is 13.9 Å². The van der Waals surface area contributed by atoms with E-state index in [1.54, 1.807) is 18.3 Å². The molecule has 3 rings (SSSR count). The molecule has 0 saturated carbocycles. The lowest BCUT2D eigenvalue weighted by atomic mass is 10.1. The molecule has 1 aliphatic rings. The molecule has 6 heteroatoms. The van der Waals surface area contributed by atoms with Gasteiger partial charge >= 0.3 is 0 Å². The zero-order valence-corrected chi connectivity index (χ0v) is 14.2. The van der Waals surface area contributed by atoms with Gasteiger partial charge in [-0.05, 0) is 31.9 Å². The molecule has 0 fully saturated rings. The number of benzene rings is 1. The Hall–Kier alpha value is -2.37. The van der Waals surface area contributed by atoms with E-state index in [1.807, 2.05) is 11.6 Å². The third kappa shape index (κ3) is 2.77. The minimum Gasteiger partial charge on any atom is -0.491 e. The van der Waals surface area contributed by atoms with Crippen LogP contribution in [0.2, 0.25) is 0 Å². The van der Waals surface area contributed by atoms with Crippen molar-refractivity contribution >= 4 is 5.91 Å². The molecule has 0 bridgehead atoms. The van der Waals surface area contributed by atoms with Crippen LogP contribution >= 0.6 is 0 Å². The van der Waals surface area contributed by atoms with Crippen LogP contribution in [0.1, 0.15) is 60.4 Å². The number of aromatic nitrogens is 2. The van der Waals surface area contributed by atoms with Crippen LogP contribution in [0.5, 0.6) is 5.75 Å². The van der Waals surface area contributed by atoms with Crippen molar-refractivity contribution in [3.8, 4) is 5.75 Å². The maximum atomic E-state index is 14.0. The van der Waals surface area contributed by atoms with Gasteiger partial charge in [0.2, 0.25) is 0 Å². The number of fused-ring (bicyclic) bond motifs is 1. The molecule has 24 heavy (non-hydrogen) atoms. The summed E-state index contributed by atoms with van der Waals surface area (Å²) in [7, 11) is 0. The highest BCUT2D eigenvalue weighted by Gasteiger charge is 2.30.